The molecule has 32 heavy (non-hydrogen) atoms. The minimum absolute atomic E-state index is 0.0246. The smallest absolute Gasteiger partial charge is 0.252 e. The van der Waals surface area contributed by atoms with Crippen molar-refractivity contribution in [2.45, 2.75) is 32.7 Å². The number of nitrogens with zero attached hydrogens (tertiary/aromatic N) is 1. The van der Waals surface area contributed by atoms with Gasteiger partial charge in [0.15, 0.2) is 0 Å². The number of para-hydroxylation sites is 1. The van der Waals surface area contributed by atoms with Crippen LogP contribution in [0.1, 0.15) is 34.8 Å². The molecule has 0 spiro atoms. The van der Waals surface area contributed by atoms with Gasteiger partial charge in [0.05, 0.1) is 21.8 Å². The molecule has 0 saturated carbocycles. The SMILES string of the molecule is Cc1c(-c2ccc(Cl)cc2Cl)nc2ccccc2c1C(=O)NC(C)CCc1ccccc1. The maximum Gasteiger partial charge on any atom is 0.252 e. The van der Waals surface area contributed by atoms with E-state index in [2.05, 4.69) is 17.4 Å². The monoisotopic (exact) mass is 462 g/mol. The van der Waals surface area contributed by atoms with Gasteiger partial charge in [-0.2, -0.15) is 0 Å². The van der Waals surface area contributed by atoms with Crippen LogP contribution in [0.5, 0.6) is 0 Å². The number of pyridine rings is 1. The molecular weight excluding hydrogens is 439 g/mol. The lowest BCUT2D eigenvalue weighted by Gasteiger charge is -2.18. The van der Waals surface area contributed by atoms with E-state index in [0.717, 1.165) is 34.9 Å². The highest BCUT2D eigenvalue weighted by molar-refractivity contribution is 6.36. The van der Waals surface area contributed by atoms with Crippen LogP contribution in [-0.2, 0) is 6.42 Å². The predicted molar refractivity (Wildman–Crippen MR) is 134 cm³/mol. The van der Waals surface area contributed by atoms with Crippen molar-refractivity contribution >= 4 is 40.0 Å². The number of rotatable bonds is 6. The number of carbonyl (C=O) groups excluding carboxylic acids is 1. The molecule has 0 fully saturated rings. The van der Waals surface area contributed by atoms with Crippen molar-refractivity contribution in [3.05, 3.63) is 99.5 Å². The molecule has 3 nitrogen and oxygen atoms in total. The molecule has 1 N–H and O–H groups in total. The molecular formula is C27H24Cl2N2O. The number of aryl methyl sites for hydroxylation is 1. The Hall–Kier alpha value is -2.88. The normalized spacial score (nSPS) is 12.0. The highest BCUT2D eigenvalue weighted by atomic mass is 35.5. The van der Waals surface area contributed by atoms with Gasteiger partial charge in [-0.1, -0.05) is 71.7 Å². The second kappa shape index (κ2) is 9.72. The molecule has 1 unspecified atom stereocenters. The van der Waals surface area contributed by atoms with E-state index in [-0.39, 0.29) is 11.9 Å². The Balaban J connectivity index is 1.67. The Kier molecular flexibility index (Phi) is 6.78. The van der Waals surface area contributed by atoms with Crippen LogP contribution in [0.15, 0.2) is 72.8 Å². The van der Waals surface area contributed by atoms with E-state index in [4.69, 9.17) is 28.2 Å². The van der Waals surface area contributed by atoms with Gasteiger partial charge in [-0.3, -0.25) is 4.79 Å². The molecule has 0 aliphatic carbocycles. The lowest BCUT2D eigenvalue weighted by molar-refractivity contribution is 0.0939. The zero-order valence-corrected chi connectivity index (χ0v) is 19.5. The van der Waals surface area contributed by atoms with Crippen molar-refractivity contribution in [1.82, 2.24) is 10.3 Å². The van der Waals surface area contributed by atoms with E-state index in [9.17, 15) is 4.79 Å². The zero-order valence-electron chi connectivity index (χ0n) is 18.0. The van der Waals surface area contributed by atoms with Crippen molar-refractivity contribution in [3.63, 3.8) is 0 Å². The average Bonchev–Trinajstić information content (AvgIpc) is 2.78. The number of amides is 1. The summed E-state index contributed by atoms with van der Waals surface area (Å²) in [7, 11) is 0. The van der Waals surface area contributed by atoms with Crippen LogP contribution in [0.25, 0.3) is 22.2 Å². The fourth-order valence-electron chi connectivity index (χ4n) is 3.94. The standard InChI is InChI=1S/C27H24Cl2N2O/c1-17(12-13-19-8-4-3-5-9-19)30-27(32)25-18(2)26(21-15-14-20(28)16-23(21)29)31-24-11-7-6-10-22(24)25/h3-11,14-17H,12-13H2,1-2H3,(H,30,32). The summed E-state index contributed by atoms with van der Waals surface area (Å²) in [6, 6.07) is 23.3. The zero-order chi connectivity index (χ0) is 22.7. The van der Waals surface area contributed by atoms with E-state index in [1.54, 1.807) is 12.1 Å². The van der Waals surface area contributed by atoms with Crippen LogP contribution >= 0.6 is 23.2 Å². The minimum Gasteiger partial charge on any atom is -0.350 e. The van der Waals surface area contributed by atoms with E-state index < -0.39 is 0 Å². The fourth-order valence-corrected chi connectivity index (χ4v) is 4.44. The Bertz CT molecular complexity index is 1270. The number of nitrogens with one attached hydrogen (secondary N) is 1. The minimum atomic E-state index is -0.104. The first-order valence-electron chi connectivity index (χ1n) is 10.6. The molecule has 1 atom stereocenters. The summed E-state index contributed by atoms with van der Waals surface area (Å²) in [6.07, 6.45) is 1.76. The van der Waals surface area contributed by atoms with Crippen molar-refractivity contribution in [1.29, 1.82) is 0 Å². The van der Waals surface area contributed by atoms with Crippen LogP contribution in [0.3, 0.4) is 0 Å². The summed E-state index contributed by atoms with van der Waals surface area (Å²) < 4.78 is 0. The quantitative estimate of drug-likeness (QED) is 0.327. The molecule has 0 radical (unpaired) electrons. The molecule has 1 heterocycles. The highest BCUT2D eigenvalue weighted by Gasteiger charge is 2.21. The molecule has 0 saturated heterocycles. The maximum atomic E-state index is 13.4. The lowest BCUT2D eigenvalue weighted by atomic mass is 9.96. The number of carbonyl (C=O) groups is 1. The molecule has 1 aromatic heterocycles. The third kappa shape index (κ3) is 4.79. The van der Waals surface area contributed by atoms with Gasteiger partial charge in [0.25, 0.3) is 5.91 Å². The Morgan fingerprint density at radius 3 is 2.47 bits per heavy atom. The van der Waals surface area contributed by atoms with Crippen LogP contribution in [-0.4, -0.2) is 16.9 Å². The van der Waals surface area contributed by atoms with Gasteiger partial charge in [0, 0.05) is 22.0 Å². The maximum absolute atomic E-state index is 13.4. The summed E-state index contributed by atoms with van der Waals surface area (Å²) in [6.45, 7) is 3.96. The molecule has 0 aliphatic rings. The Morgan fingerprint density at radius 1 is 1.00 bits per heavy atom. The molecule has 3 aromatic carbocycles. The molecule has 5 heteroatoms. The van der Waals surface area contributed by atoms with Crippen molar-refractivity contribution in [2.24, 2.45) is 0 Å². The lowest BCUT2D eigenvalue weighted by Crippen LogP contribution is -2.33. The third-order valence-electron chi connectivity index (χ3n) is 5.64. The average molecular weight is 463 g/mol. The number of hydrogen-bond donors (Lipinski definition) is 1. The van der Waals surface area contributed by atoms with Crippen molar-refractivity contribution in [2.75, 3.05) is 0 Å². The summed E-state index contributed by atoms with van der Waals surface area (Å²) in [4.78, 5) is 18.3. The van der Waals surface area contributed by atoms with Crippen LogP contribution < -0.4 is 5.32 Å². The first kappa shape index (κ1) is 22.3. The Morgan fingerprint density at radius 2 is 1.72 bits per heavy atom. The number of benzene rings is 3. The third-order valence-corrected chi connectivity index (χ3v) is 6.18. The van der Waals surface area contributed by atoms with E-state index in [1.165, 1.54) is 5.56 Å². The van der Waals surface area contributed by atoms with Gasteiger partial charge in [0.2, 0.25) is 0 Å². The molecule has 0 bridgehead atoms. The van der Waals surface area contributed by atoms with Gasteiger partial charge in [-0.25, -0.2) is 4.98 Å². The van der Waals surface area contributed by atoms with E-state index >= 15 is 0 Å². The predicted octanol–water partition coefficient (Wildman–Crippen LogP) is 7.27. The van der Waals surface area contributed by atoms with Gasteiger partial charge < -0.3 is 5.32 Å². The topological polar surface area (TPSA) is 42.0 Å². The molecule has 0 aliphatic heterocycles. The molecule has 1 amide bonds. The van der Waals surface area contributed by atoms with Gasteiger partial charge >= 0.3 is 0 Å². The molecule has 162 valence electrons. The summed E-state index contributed by atoms with van der Waals surface area (Å²) in [5.41, 5.74) is 4.88. The largest absolute Gasteiger partial charge is 0.350 e. The summed E-state index contributed by atoms with van der Waals surface area (Å²) >= 11 is 12.6. The fraction of sp³-hybridized carbons (Fsp3) is 0.185. The van der Waals surface area contributed by atoms with E-state index in [1.807, 2.05) is 62.4 Å². The first-order valence-corrected chi connectivity index (χ1v) is 11.4. The van der Waals surface area contributed by atoms with Crippen LogP contribution in [0.2, 0.25) is 10.0 Å². The number of halogens is 2. The molecule has 4 aromatic rings. The van der Waals surface area contributed by atoms with E-state index in [0.29, 0.717) is 21.3 Å². The second-order valence-corrected chi connectivity index (χ2v) is 8.84. The summed E-state index contributed by atoms with van der Waals surface area (Å²) in [5, 5.41) is 5.07. The van der Waals surface area contributed by atoms with Crippen LogP contribution in [0, 0.1) is 6.92 Å². The van der Waals surface area contributed by atoms with Gasteiger partial charge in [-0.15, -0.1) is 0 Å². The number of hydrogen-bond acceptors (Lipinski definition) is 2. The highest BCUT2D eigenvalue weighted by Crippen LogP contribution is 2.35. The molecule has 4 rings (SSSR count). The number of fused-ring (bicyclic) bond motifs is 1. The number of aromatic nitrogens is 1. The van der Waals surface area contributed by atoms with Crippen molar-refractivity contribution < 1.29 is 4.79 Å². The van der Waals surface area contributed by atoms with Gasteiger partial charge in [0.1, 0.15) is 0 Å². The van der Waals surface area contributed by atoms with Crippen LogP contribution in [0.4, 0.5) is 0 Å². The van der Waals surface area contributed by atoms with Crippen molar-refractivity contribution in [3.8, 4) is 11.3 Å². The Labute approximate surface area is 198 Å². The second-order valence-electron chi connectivity index (χ2n) is 8.00. The van der Waals surface area contributed by atoms with Gasteiger partial charge in [-0.05, 0) is 62.1 Å². The summed E-state index contributed by atoms with van der Waals surface area (Å²) in [5.74, 6) is -0.104. The first-order chi connectivity index (χ1) is 15.4.